The lowest BCUT2D eigenvalue weighted by Gasteiger charge is -2.18. The van der Waals surface area contributed by atoms with Gasteiger partial charge < -0.3 is 10.1 Å². The summed E-state index contributed by atoms with van der Waals surface area (Å²) in [5.74, 6) is 1.04. The van der Waals surface area contributed by atoms with Crippen molar-refractivity contribution >= 4 is 23.7 Å². The molecule has 0 saturated carbocycles. The van der Waals surface area contributed by atoms with Crippen LogP contribution in [0.3, 0.4) is 0 Å². The van der Waals surface area contributed by atoms with Crippen molar-refractivity contribution in [2.45, 2.75) is 24.3 Å². The van der Waals surface area contributed by atoms with Gasteiger partial charge in [-0.15, -0.1) is 10.2 Å². The zero-order valence-corrected chi connectivity index (χ0v) is 18.3. The number of methoxy groups -OCH3 is 1. The Hall–Kier alpha value is -3.33. The standard InChI is InChI=1S/C22H23N5O3S/c1-14-8-10-16(11-9-14)27-19(17-6-4-5-7-18(17)30-3)24-25-22(27)31-15(2)20(28)26-13-12-23-21(26)29/h4-11,15H,12-13H2,1-3H3,(H,23,29). The molecule has 1 aliphatic rings. The molecule has 0 spiro atoms. The average molecular weight is 438 g/mol. The molecule has 2 heterocycles. The molecule has 1 atom stereocenters. The Morgan fingerprint density at radius 3 is 2.58 bits per heavy atom. The summed E-state index contributed by atoms with van der Waals surface area (Å²) in [5.41, 5.74) is 2.80. The van der Waals surface area contributed by atoms with E-state index in [-0.39, 0.29) is 11.9 Å². The van der Waals surface area contributed by atoms with Gasteiger partial charge in [-0.05, 0) is 38.1 Å². The van der Waals surface area contributed by atoms with Crippen LogP contribution in [0.15, 0.2) is 53.7 Å². The van der Waals surface area contributed by atoms with Crippen molar-refractivity contribution in [3.63, 3.8) is 0 Å². The second-order valence-electron chi connectivity index (χ2n) is 7.16. The normalized spacial score (nSPS) is 14.4. The largest absolute Gasteiger partial charge is 0.496 e. The number of nitrogens with one attached hydrogen (secondary N) is 1. The third-order valence-electron chi connectivity index (χ3n) is 5.03. The van der Waals surface area contributed by atoms with Gasteiger partial charge in [-0.3, -0.25) is 14.3 Å². The molecule has 0 radical (unpaired) electrons. The smallest absolute Gasteiger partial charge is 0.324 e. The van der Waals surface area contributed by atoms with Crippen LogP contribution < -0.4 is 10.1 Å². The van der Waals surface area contributed by atoms with E-state index in [0.29, 0.717) is 29.8 Å². The van der Waals surface area contributed by atoms with Gasteiger partial charge in [0.1, 0.15) is 5.75 Å². The topological polar surface area (TPSA) is 89.4 Å². The van der Waals surface area contributed by atoms with Crippen molar-refractivity contribution < 1.29 is 14.3 Å². The van der Waals surface area contributed by atoms with Crippen LogP contribution in [0.2, 0.25) is 0 Å². The molecule has 3 aromatic rings. The Morgan fingerprint density at radius 2 is 1.90 bits per heavy atom. The number of rotatable bonds is 6. The number of urea groups is 1. The summed E-state index contributed by atoms with van der Waals surface area (Å²) in [4.78, 5) is 25.9. The monoisotopic (exact) mass is 437 g/mol. The van der Waals surface area contributed by atoms with Gasteiger partial charge in [0.25, 0.3) is 0 Å². The number of hydrogen-bond acceptors (Lipinski definition) is 6. The van der Waals surface area contributed by atoms with Crippen LogP contribution in [-0.2, 0) is 4.79 Å². The van der Waals surface area contributed by atoms with Crippen LogP contribution in [0, 0.1) is 6.92 Å². The molecule has 1 fully saturated rings. The minimum Gasteiger partial charge on any atom is -0.496 e. The number of thioether (sulfide) groups is 1. The number of amides is 3. The van der Waals surface area contributed by atoms with Crippen molar-refractivity contribution in [3.8, 4) is 22.8 Å². The van der Waals surface area contributed by atoms with Crippen molar-refractivity contribution in [1.82, 2.24) is 25.0 Å². The lowest BCUT2D eigenvalue weighted by atomic mass is 10.1. The van der Waals surface area contributed by atoms with Crippen LogP contribution in [0.4, 0.5) is 4.79 Å². The number of benzene rings is 2. The highest BCUT2D eigenvalue weighted by molar-refractivity contribution is 8.00. The Kier molecular flexibility index (Phi) is 5.94. The van der Waals surface area contributed by atoms with Crippen molar-refractivity contribution in [3.05, 3.63) is 54.1 Å². The predicted molar refractivity (Wildman–Crippen MR) is 119 cm³/mol. The zero-order valence-electron chi connectivity index (χ0n) is 17.5. The highest BCUT2D eigenvalue weighted by Gasteiger charge is 2.31. The molecule has 31 heavy (non-hydrogen) atoms. The Labute approximate surface area is 184 Å². The molecule has 0 aliphatic carbocycles. The lowest BCUT2D eigenvalue weighted by Crippen LogP contribution is -2.39. The van der Waals surface area contributed by atoms with E-state index >= 15 is 0 Å². The molecule has 1 aliphatic heterocycles. The number of ether oxygens (including phenoxy) is 1. The van der Waals surface area contributed by atoms with E-state index in [2.05, 4.69) is 15.5 Å². The third-order valence-corrected chi connectivity index (χ3v) is 6.06. The quantitative estimate of drug-likeness (QED) is 0.596. The maximum Gasteiger partial charge on any atom is 0.324 e. The number of aryl methyl sites for hydroxylation is 1. The molecule has 0 bridgehead atoms. The number of imide groups is 1. The summed E-state index contributed by atoms with van der Waals surface area (Å²) in [6.45, 7) is 4.64. The van der Waals surface area contributed by atoms with Gasteiger partial charge in [0.2, 0.25) is 5.91 Å². The van der Waals surface area contributed by atoms with E-state index in [1.807, 2.05) is 60.0 Å². The van der Waals surface area contributed by atoms with Crippen LogP contribution in [0.25, 0.3) is 17.1 Å². The van der Waals surface area contributed by atoms with Gasteiger partial charge in [0.05, 0.1) is 17.9 Å². The van der Waals surface area contributed by atoms with Crippen LogP contribution >= 0.6 is 11.8 Å². The van der Waals surface area contributed by atoms with E-state index in [0.717, 1.165) is 16.8 Å². The first-order chi connectivity index (χ1) is 15.0. The Bertz CT molecular complexity index is 1110. The fourth-order valence-corrected chi connectivity index (χ4v) is 4.32. The van der Waals surface area contributed by atoms with Crippen LogP contribution in [-0.4, -0.2) is 57.1 Å². The van der Waals surface area contributed by atoms with E-state index in [1.165, 1.54) is 16.7 Å². The van der Waals surface area contributed by atoms with E-state index in [4.69, 9.17) is 4.74 Å². The minimum absolute atomic E-state index is 0.253. The lowest BCUT2D eigenvalue weighted by molar-refractivity contribution is -0.126. The number of hydrogen-bond donors (Lipinski definition) is 1. The fraction of sp³-hybridized carbons (Fsp3) is 0.273. The number of para-hydroxylation sites is 1. The molecule has 1 N–H and O–H groups in total. The molecule has 2 aromatic carbocycles. The second kappa shape index (κ2) is 8.81. The molecule has 1 saturated heterocycles. The van der Waals surface area contributed by atoms with Gasteiger partial charge in [0, 0.05) is 18.8 Å². The van der Waals surface area contributed by atoms with Gasteiger partial charge in [0.15, 0.2) is 11.0 Å². The maximum absolute atomic E-state index is 12.8. The van der Waals surface area contributed by atoms with Crippen molar-refractivity contribution in [2.75, 3.05) is 20.2 Å². The summed E-state index contributed by atoms with van der Waals surface area (Å²) in [5, 5.41) is 11.5. The molecule has 9 heteroatoms. The van der Waals surface area contributed by atoms with E-state index in [1.54, 1.807) is 14.0 Å². The van der Waals surface area contributed by atoms with Crippen LogP contribution in [0.5, 0.6) is 5.75 Å². The molecule has 4 rings (SSSR count). The number of nitrogens with zero attached hydrogens (tertiary/aromatic N) is 4. The van der Waals surface area contributed by atoms with Crippen LogP contribution in [0.1, 0.15) is 12.5 Å². The first kappa shape index (κ1) is 20.9. The van der Waals surface area contributed by atoms with E-state index < -0.39 is 5.25 Å². The summed E-state index contributed by atoms with van der Waals surface area (Å²) in [7, 11) is 1.61. The van der Waals surface area contributed by atoms with E-state index in [9.17, 15) is 9.59 Å². The van der Waals surface area contributed by atoms with Gasteiger partial charge in [-0.2, -0.15) is 0 Å². The average Bonchev–Trinajstić information content (AvgIpc) is 3.40. The highest BCUT2D eigenvalue weighted by Crippen LogP contribution is 2.34. The maximum atomic E-state index is 12.8. The second-order valence-corrected chi connectivity index (χ2v) is 8.47. The molecule has 8 nitrogen and oxygen atoms in total. The predicted octanol–water partition coefficient (Wildman–Crippen LogP) is 3.28. The molecular weight excluding hydrogens is 414 g/mol. The Balaban J connectivity index is 1.74. The number of aromatic nitrogens is 3. The SMILES string of the molecule is COc1ccccc1-c1nnc(SC(C)C(=O)N2CCNC2=O)n1-c1ccc(C)cc1. The molecule has 3 amide bonds. The van der Waals surface area contributed by atoms with Crippen molar-refractivity contribution in [1.29, 1.82) is 0 Å². The van der Waals surface area contributed by atoms with Gasteiger partial charge in [-0.25, -0.2) is 4.79 Å². The zero-order chi connectivity index (χ0) is 22.0. The van der Waals surface area contributed by atoms with Gasteiger partial charge >= 0.3 is 6.03 Å². The minimum atomic E-state index is -0.511. The molecule has 160 valence electrons. The van der Waals surface area contributed by atoms with Crippen molar-refractivity contribution in [2.24, 2.45) is 0 Å². The summed E-state index contributed by atoms with van der Waals surface area (Å²) >= 11 is 1.27. The summed E-state index contributed by atoms with van der Waals surface area (Å²) in [6, 6.07) is 15.2. The first-order valence-electron chi connectivity index (χ1n) is 9.91. The molecular formula is C22H23N5O3S. The highest BCUT2D eigenvalue weighted by atomic mass is 32.2. The number of carbonyl (C=O) groups is 2. The third kappa shape index (κ3) is 4.13. The fourth-order valence-electron chi connectivity index (χ4n) is 3.39. The molecule has 1 aromatic heterocycles. The molecule has 1 unspecified atom stereocenters. The summed E-state index contributed by atoms with van der Waals surface area (Å²) in [6.07, 6.45) is 0. The Morgan fingerprint density at radius 1 is 1.16 bits per heavy atom. The van der Waals surface area contributed by atoms with Gasteiger partial charge in [-0.1, -0.05) is 41.6 Å². The first-order valence-corrected chi connectivity index (χ1v) is 10.8. The summed E-state index contributed by atoms with van der Waals surface area (Å²) < 4.78 is 7.44. The number of carbonyl (C=O) groups excluding carboxylic acids is 2.